The monoisotopic (exact) mass is 313 g/mol. The number of aromatic nitrogens is 1. The van der Waals surface area contributed by atoms with Gasteiger partial charge in [0.05, 0.1) is 26.3 Å². The Bertz CT molecular complexity index is 853. The minimum atomic E-state index is -0.336. The highest BCUT2D eigenvalue weighted by atomic mass is 19.1. The van der Waals surface area contributed by atoms with Crippen LogP contribution in [0, 0.1) is 5.82 Å². The summed E-state index contributed by atoms with van der Waals surface area (Å²) in [5.74, 6) is 0.0615. The number of H-pyrrole nitrogens is 1. The minimum Gasteiger partial charge on any atom is -0.497 e. The third-order valence-electron chi connectivity index (χ3n) is 3.79. The summed E-state index contributed by atoms with van der Waals surface area (Å²) in [6, 6.07) is 11.7. The van der Waals surface area contributed by atoms with E-state index in [1.165, 1.54) is 19.2 Å². The zero-order valence-electron chi connectivity index (χ0n) is 12.9. The Balaban J connectivity index is 2.20. The lowest BCUT2D eigenvalue weighted by atomic mass is 10.0. The predicted molar refractivity (Wildman–Crippen MR) is 86.0 cm³/mol. The van der Waals surface area contributed by atoms with Crippen molar-refractivity contribution in [2.24, 2.45) is 0 Å². The molecule has 3 rings (SSSR count). The highest BCUT2D eigenvalue weighted by Gasteiger charge is 2.17. The SMILES string of the molecule is COC(=O)Cc1c(-c2ccc(F)cc2)[nH]c2ccc(OC)cc12. The van der Waals surface area contributed by atoms with E-state index in [0.29, 0.717) is 5.75 Å². The number of hydrogen-bond acceptors (Lipinski definition) is 3. The molecule has 118 valence electrons. The van der Waals surface area contributed by atoms with Gasteiger partial charge >= 0.3 is 5.97 Å². The number of ether oxygens (including phenoxy) is 2. The van der Waals surface area contributed by atoms with Crippen LogP contribution in [0.1, 0.15) is 5.56 Å². The fourth-order valence-electron chi connectivity index (χ4n) is 2.62. The molecule has 0 amide bonds. The van der Waals surface area contributed by atoms with Crippen molar-refractivity contribution in [3.8, 4) is 17.0 Å². The first-order valence-electron chi connectivity index (χ1n) is 7.13. The summed E-state index contributed by atoms with van der Waals surface area (Å²) < 4.78 is 23.2. The van der Waals surface area contributed by atoms with Crippen molar-refractivity contribution < 1.29 is 18.7 Å². The van der Waals surface area contributed by atoms with E-state index in [0.717, 1.165) is 27.7 Å². The van der Waals surface area contributed by atoms with Gasteiger partial charge in [-0.3, -0.25) is 4.79 Å². The Kier molecular flexibility index (Phi) is 4.02. The van der Waals surface area contributed by atoms with Crippen molar-refractivity contribution in [1.82, 2.24) is 4.98 Å². The van der Waals surface area contributed by atoms with Crippen molar-refractivity contribution in [2.45, 2.75) is 6.42 Å². The summed E-state index contributed by atoms with van der Waals surface area (Å²) in [4.78, 5) is 15.1. The number of hydrogen-bond donors (Lipinski definition) is 1. The molecular formula is C18H16FNO3. The van der Waals surface area contributed by atoms with Crippen molar-refractivity contribution in [3.05, 3.63) is 53.8 Å². The topological polar surface area (TPSA) is 51.3 Å². The van der Waals surface area contributed by atoms with Gasteiger partial charge in [-0.25, -0.2) is 4.39 Å². The van der Waals surface area contributed by atoms with Crippen molar-refractivity contribution in [1.29, 1.82) is 0 Å². The summed E-state index contributed by atoms with van der Waals surface area (Å²) >= 11 is 0. The van der Waals surface area contributed by atoms with E-state index in [1.54, 1.807) is 19.2 Å². The van der Waals surface area contributed by atoms with E-state index in [1.807, 2.05) is 18.2 Å². The van der Waals surface area contributed by atoms with Crippen LogP contribution < -0.4 is 4.74 Å². The van der Waals surface area contributed by atoms with E-state index in [2.05, 4.69) is 4.98 Å². The van der Waals surface area contributed by atoms with Crippen LogP contribution >= 0.6 is 0 Å². The molecule has 5 heteroatoms. The van der Waals surface area contributed by atoms with E-state index in [-0.39, 0.29) is 18.2 Å². The molecule has 1 N–H and O–H groups in total. The second-order valence-corrected chi connectivity index (χ2v) is 5.15. The molecule has 0 aliphatic heterocycles. The highest BCUT2D eigenvalue weighted by molar-refractivity contribution is 5.94. The molecule has 0 unspecified atom stereocenters. The first-order chi connectivity index (χ1) is 11.1. The quantitative estimate of drug-likeness (QED) is 0.747. The van der Waals surface area contributed by atoms with Crippen molar-refractivity contribution in [3.63, 3.8) is 0 Å². The van der Waals surface area contributed by atoms with Crippen LogP contribution in [0.5, 0.6) is 5.75 Å². The first-order valence-corrected chi connectivity index (χ1v) is 7.13. The normalized spacial score (nSPS) is 10.7. The standard InChI is InChI=1S/C18H16FNO3/c1-22-13-7-8-16-14(9-13)15(10-17(21)23-2)18(20-16)11-3-5-12(19)6-4-11/h3-9,20H,10H2,1-2H3. The molecule has 4 nitrogen and oxygen atoms in total. The molecule has 1 heterocycles. The number of esters is 1. The van der Waals surface area contributed by atoms with Crippen LogP contribution in [0.3, 0.4) is 0 Å². The summed E-state index contributed by atoms with van der Waals surface area (Å²) in [6.07, 6.45) is 0.121. The Labute approximate surface area is 132 Å². The second kappa shape index (κ2) is 6.12. The molecular weight excluding hydrogens is 297 g/mol. The molecule has 0 saturated carbocycles. The van der Waals surface area contributed by atoms with Gasteiger partial charge in [0, 0.05) is 10.9 Å². The van der Waals surface area contributed by atoms with Crippen LogP contribution in [-0.2, 0) is 16.0 Å². The number of aromatic amines is 1. The number of nitrogens with one attached hydrogen (secondary N) is 1. The van der Waals surface area contributed by atoms with Gasteiger partial charge in [-0.05, 0) is 53.6 Å². The van der Waals surface area contributed by atoms with Gasteiger partial charge in [0.15, 0.2) is 0 Å². The zero-order valence-corrected chi connectivity index (χ0v) is 12.9. The summed E-state index contributed by atoms with van der Waals surface area (Å²) in [7, 11) is 2.95. The van der Waals surface area contributed by atoms with Gasteiger partial charge < -0.3 is 14.5 Å². The van der Waals surface area contributed by atoms with Crippen LogP contribution in [0.2, 0.25) is 0 Å². The molecule has 0 atom stereocenters. The number of rotatable bonds is 4. The Morgan fingerprint density at radius 3 is 2.52 bits per heavy atom. The molecule has 0 aliphatic carbocycles. The average molecular weight is 313 g/mol. The largest absolute Gasteiger partial charge is 0.497 e. The maximum atomic E-state index is 13.2. The van der Waals surface area contributed by atoms with Gasteiger partial charge in [0.2, 0.25) is 0 Å². The zero-order chi connectivity index (χ0) is 16.4. The Hall–Kier alpha value is -2.82. The number of benzene rings is 2. The molecule has 2 aromatic carbocycles. The van der Waals surface area contributed by atoms with Gasteiger partial charge in [0.25, 0.3) is 0 Å². The lowest BCUT2D eigenvalue weighted by molar-refractivity contribution is -0.139. The van der Waals surface area contributed by atoms with E-state index in [9.17, 15) is 9.18 Å². The number of carbonyl (C=O) groups excluding carboxylic acids is 1. The summed E-state index contributed by atoms with van der Waals surface area (Å²) in [5, 5.41) is 0.883. The minimum absolute atomic E-state index is 0.121. The average Bonchev–Trinajstić information content (AvgIpc) is 2.93. The lowest BCUT2D eigenvalue weighted by Crippen LogP contribution is -2.05. The number of carbonyl (C=O) groups is 1. The second-order valence-electron chi connectivity index (χ2n) is 5.15. The molecule has 0 radical (unpaired) electrons. The Morgan fingerprint density at radius 1 is 1.13 bits per heavy atom. The molecule has 1 aromatic heterocycles. The number of halogens is 1. The van der Waals surface area contributed by atoms with Crippen LogP contribution in [0.15, 0.2) is 42.5 Å². The van der Waals surface area contributed by atoms with Gasteiger partial charge in [0.1, 0.15) is 11.6 Å². The summed E-state index contributed by atoms with van der Waals surface area (Å²) in [5.41, 5.74) is 3.26. The molecule has 0 saturated heterocycles. The number of methoxy groups -OCH3 is 2. The molecule has 0 bridgehead atoms. The van der Waals surface area contributed by atoms with Gasteiger partial charge in [-0.15, -0.1) is 0 Å². The highest BCUT2D eigenvalue weighted by Crippen LogP contribution is 2.33. The predicted octanol–water partition coefficient (Wildman–Crippen LogP) is 3.70. The molecule has 0 fully saturated rings. The maximum absolute atomic E-state index is 13.2. The maximum Gasteiger partial charge on any atom is 0.310 e. The van der Waals surface area contributed by atoms with Crippen molar-refractivity contribution >= 4 is 16.9 Å². The summed E-state index contributed by atoms with van der Waals surface area (Å²) in [6.45, 7) is 0. The van der Waals surface area contributed by atoms with E-state index < -0.39 is 0 Å². The van der Waals surface area contributed by atoms with Crippen LogP contribution in [0.4, 0.5) is 4.39 Å². The lowest BCUT2D eigenvalue weighted by Gasteiger charge is -2.05. The molecule has 3 aromatic rings. The van der Waals surface area contributed by atoms with Crippen LogP contribution in [-0.4, -0.2) is 25.2 Å². The smallest absolute Gasteiger partial charge is 0.310 e. The fraction of sp³-hybridized carbons (Fsp3) is 0.167. The molecule has 23 heavy (non-hydrogen) atoms. The van der Waals surface area contributed by atoms with E-state index in [4.69, 9.17) is 9.47 Å². The molecule has 0 aliphatic rings. The van der Waals surface area contributed by atoms with Gasteiger partial charge in [-0.2, -0.15) is 0 Å². The third kappa shape index (κ3) is 2.90. The fourth-order valence-corrected chi connectivity index (χ4v) is 2.62. The molecule has 0 spiro atoms. The van der Waals surface area contributed by atoms with E-state index >= 15 is 0 Å². The Morgan fingerprint density at radius 2 is 1.87 bits per heavy atom. The third-order valence-corrected chi connectivity index (χ3v) is 3.79. The van der Waals surface area contributed by atoms with Crippen molar-refractivity contribution in [2.75, 3.05) is 14.2 Å². The van der Waals surface area contributed by atoms with Crippen LogP contribution in [0.25, 0.3) is 22.2 Å². The number of fused-ring (bicyclic) bond motifs is 1. The first kappa shape index (κ1) is 15.1. The van der Waals surface area contributed by atoms with Gasteiger partial charge in [-0.1, -0.05) is 0 Å².